The number of carbonyl (C=O) groups excluding carboxylic acids is 2. The van der Waals surface area contributed by atoms with Crippen LogP contribution in [-0.2, 0) is 4.79 Å². The maximum atomic E-state index is 13.3. The first-order valence-corrected chi connectivity index (χ1v) is 12.7. The van der Waals surface area contributed by atoms with Crippen LogP contribution in [0.3, 0.4) is 0 Å². The number of aromatic amines is 1. The highest BCUT2D eigenvalue weighted by Crippen LogP contribution is 2.37. The molecule has 2 aliphatic heterocycles. The van der Waals surface area contributed by atoms with E-state index in [1.54, 1.807) is 11.0 Å². The number of hydrogen-bond donors (Lipinski definition) is 2. The summed E-state index contributed by atoms with van der Waals surface area (Å²) < 4.78 is 6.28. The molecule has 0 bridgehead atoms. The normalized spacial score (nSPS) is 21.3. The predicted molar refractivity (Wildman–Crippen MR) is 134 cm³/mol. The summed E-state index contributed by atoms with van der Waals surface area (Å²) in [6.45, 7) is 8.23. The molecule has 2 fully saturated rings. The number of amides is 2. The number of piperidine rings is 2. The number of hydrogen-bond acceptors (Lipinski definition) is 5. The van der Waals surface area contributed by atoms with Gasteiger partial charge in [-0.25, -0.2) is 0 Å². The Hall–Kier alpha value is -2.58. The van der Waals surface area contributed by atoms with Crippen LogP contribution in [0.5, 0.6) is 5.75 Å². The molecule has 9 heteroatoms. The van der Waals surface area contributed by atoms with Gasteiger partial charge in [-0.1, -0.05) is 11.6 Å². The van der Waals surface area contributed by atoms with Crippen molar-refractivity contribution in [3.05, 3.63) is 45.7 Å². The number of ether oxygens (including phenoxy) is 1. The van der Waals surface area contributed by atoms with E-state index in [1.165, 1.54) is 0 Å². The van der Waals surface area contributed by atoms with Crippen LogP contribution in [0, 0.1) is 26.2 Å². The van der Waals surface area contributed by atoms with Gasteiger partial charge < -0.3 is 19.6 Å². The molecule has 2 aliphatic rings. The molecule has 0 radical (unpaired) electrons. The lowest BCUT2D eigenvalue weighted by molar-refractivity contribution is -0.137. The van der Waals surface area contributed by atoms with Crippen LogP contribution in [0.15, 0.2) is 18.2 Å². The van der Waals surface area contributed by atoms with Crippen molar-refractivity contribution in [3.8, 4) is 5.75 Å². The molecule has 8 nitrogen and oxygen atoms in total. The molecule has 2 N–H and O–H groups in total. The number of aryl methyl sites for hydroxylation is 3. The lowest BCUT2D eigenvalue weighted by Crippen LogP contribution is -2.51. The first-order chi connectivity index (χ1) is 16.7. The molecule has 1 aromatic heterocycles. The van der Waals surface area contributed by atoms with Crippen molar-refractivity contribution in [2.45, 2.75) is 59.0 Å². The number of aromatic nitrogens is 2. The van der Waals surface area contributed by atoms with Crippen molar-refractivity contribution < 1.29 is 19.4 Å². The molecule has 0 aliphatic carbocycles. The molecule has 2 aromatic rings. The molecule has 0 unspecified atom stereocenters. The van der Waals surface area contributed by atoms with E-state index < -0.39 is 5.41 Å². The van der Waals surface area contributed by atoms with Crippen molar-refractivity contribution >= 4 is 23.4 Å². The Bertz CT molecular complexity index is 1060. The monoisotopic (exact) mass is 502 g/mol. The van der Waals surface area contributed by atoms with Crippen LogP contribution >= 0.6 is 11.6 Å². The topological polar surface area (TPSA) is 98.8 Å². The van der Waals surface area contributed by atoms with E-state index in [2.05, 4.69) is 10.2 Å². The van der Waals surface area contributed by atoms with Crippen LogP contribution < -0.4 is 4.74 Å². The summed E-state index contributed by atoms with van der Waals surface area (Å²) in [5.41, 5.74) is 2.57. The largest absolute Gasteiger partial charge is 0.493 e. The van der Waals surface area contributed by atoms with Gasteiger partial charge in [0, 0.05) is 48.7 Å². The van der Waals surface area contributed by atoms with Crippen molar-refractivity contribution in [3.63, 3.8) is 0 Å². The molecule has 190 valence electrons. The standard InChI is InChI=1S/C26H35ClN4O4/c1-17-11-21(12-18(2)24(17)27)35-16-26(14-23(33)30-9-5-20(32)6-10-30)7-4-8-31(15-26)25(34)22-13-19(3)28-29-22/h11-13,20,32H,4-10,14-16H2,1-3H3,(H,28,29)/t26-/m0/s1. The van der Waals surface area contributed by atoms with Gasteiger partial charge in [-0.3, -0.25) is 14.7 Å². The summed E-state index contributed by atoms with van der Waals surface area (Å²) in [6.07, 6.45) is 2.71. The fourth-order valence-electron chi connectivity index (χ4n) is 5.16. The number of halogens is 1. The number of aliphatic hydroxyl groups excluding tert-OH is 1. The van der Waals surface area contributed by atoms with Gasteiger partial charge in [0.2, 0.25) is 5.91 Å². The average Bonchev–Trinajstić information content (AvgIpc) is 3.27. The minimum Gasteiger partial charge on any atom is -0.493 e. The van der Waals surface area contributed by atoms with Gasteiger partial charge in [0.05, 0.1) is 12.7 Å². The lowest BCUT2D eigenvalue weighted by atomic mass is 9.77. The molecule has 2 amide bonds. The number of aliphatic hydroxyl groups is 1. The molecule has 3 heterocycles. The second-order valence-electron chi connectivity index (χ2n) is 10.2. The minimum absolute atomic E-state index is 0.0499. The number of rotatable bonds is 6. The number of likely N-dealkylation sites (tertiary alicyclic amines) is 2. The third kappa shape index (κ3) is 5.98. The van der Waals surface area contributed by atoms with Gasteiger partial charge in [0.1, 0.15) is 11.4 Å². The second kappa shape index (κ2) is 10.6. The van der Waals surface area contributed by atoms with E-state index in [1.807, 2.05) is 37.8 Å². The van der Waals surface area contributed by atoms with Crippen LogP contribution in [0.4, 0.5) is 0 Å². The quantitative estimate of drug-likeness (QED) is 0.628. The van der Waals surface area contributed by atoms with E-state index >= 15 is 0 Å². The Morgan fingerprint density at radius 3 is 2.46 bits per heavy atom. The molecule has 35 heavy (non-hydrogen) atoms. The van der Waals surface area contributed by atoms with Crippen molar-refractivity contribution in [2.24, 2.45) is 5.41 Å². The zero-order chi connectivity index (χ0) is 25.2. The Labute approximate surface area is 211 Å². The number of nitrogens with zero attached hydrogens (tertiary/aromatic N) is 3. The summed E-state index contributed by atoms with van der Waals surface area (Å²) in [5.74, 6) is 0.628. The van der Waals surface area contributed by atoms with E-state index in [0.717, 1.165) is 34.7 Å². The molecule has 2 saturated heterocycles. The fourth-order valence-corrected chi connectivity index (χ4v) is 5.27. The highest BCUT2D eigenvalue weighted by atomic mass is 35.5. The van der Waals surface area contributed by atoms with E-state index in [-0.39, 0.29) is 24.3 Å². The van der Waals surface area contributed by atoms with Gasteiger partial charge in [0.25, 0.3) is 5.91 Å². The predicted octanol–water partition coefficient (Wildman–Crippen LogP) is 3.66. The maximum Gasteiger partial charge on any atom is 0.274 e. The fraction of sp³-hybridized carbons (Fsp3) is 0.577. The van der Waals surface area contributed by atoms with Crippen LogP contribution in [0.1, 0.15) is 59.4 Å². The average molecular weight is 503 g/mol. The first kappa shape index (κ1) is 25.5. The number of nitrogens with one attached hydrogen (secondary N) is 1. The molecule has 4 rings (SSSR count). The third-order valence-electron chi connectivity index (χ3n) is 7.17. The molecule has 0 saturated carbocycles. The first-order valence-electron chi connectivity index (χ1n) is 12.3. The lowest BCUT2D eigenvalue weighted by Gasteiger charge is -2.43. The highest BCUT2D eigenvalue weighted by molar-refractivity contribution is 6.32. The van der Waals surface area contributed by atoms with E-state index in [0.29, 0.717) is 57.1 Å². The van der Waals surface area contributed by atoms with Crippen LogP contribution in [0.25, 0.3) is 0 Å². The molecule has 0 spiro atoms. The van der Waals surface area contributed by atoms with Crippen LogP contribution in [0.2, 0.25) is 5.02 Å². The summed E-state index contributed by atoms with van der Waals surface area (Å²) in [5, 5.41) is 17.5. The van der Waals surface area contributed by atoms with Crippen molar-refractivity contribution in [1.29, 1.82) is 0 Å². The smallest absolute Gasteiger partial charge is 0.274 e. The Morgan fingerprint density at radius 1 is 1.14 bits per heavy atom. The summed E-state index contributed by atoms with van der Waals surface area (Å²) in [4.78, 5) is 30.2. The van der Waals surface area contributed by atoms with Gasteiger partial charge in [-0.05, 0) is 75.8 Å². The Balaban J connectivity index is 1.54. The van der Waals surface area contributed by atoms with Crippen molar-refractivity contribution in [1.82, 2.24) is 20.0 Å². The third-order valence-corrected chi connectivity index (χ3v) is 7.77. The molecule has 1 atom stereocenters. The molecular formula is C26H35ClN4O4. The van der Waals surface area contributed by atoms with Gasteiger partial charge >= 0.3 is 0 Å². The minimum atomic E-state index is -0.520. The number of H-pyrrole nitrogens is 1. The van der Waals surface area contributed by atoms with E-state index in [9.17, 15) is 14.7 Å². The summed E-state index contributed by atoms with van der Waals surface area (Å²) >= 11 is 6.33. The molecule has 1 aromatic carbocycles. The zero-order valence-corrected chi connectivity index (χ0v) is 21.5. The summed E-state index contributed by atoms with van der Waals surface area (Å²) in [6, 6.07) is 5.57. The van der Waals surface area contributed by atoms with Crippen molar-refractivity contribution in [2.75, 3.05) is 32.8 Å². The SMILES string of the molecule is Cc1cc(C(=O)N2CCC[C@](COc3cc(C)c(Cl)c(C)c3)(CC(=O)N3CCC(O)CC3)C2)n[nH]1. The van der Waals surface area contributed by atoms with Crippen LogP contribution in [-0.4, -0.2) is 75.8 Å². The zero-order valence-electron chi connectivity index (χ0n) is 20.8. The summed E-state index contributed by atoms with van der Waals surface area (Å²) in [7, 11) is 0. The van der Waals surface area contributed by atoms with E-state index in [4.69, 9.17) is 16.3 Å². The van der Waals surface area contributed by atoms with Gasteiger partial charge in [-0.2, -0.15) is 5.10 Å². The number of benzene rings is 1. The van der Waals surface area contributed by atoms with Gasteiger partial charge in [-0.15, -0.1) is 0 Å². The highest BCUT2D eigenvalue weighted by Gasteiger charge is 2.41. The Kier molecular flexibility index (Phi) is 7.71. The van der Waals surface area contributed by atoms with Gasteiger partial charge in [0.15, 0.2) is 0 Å². The second-order valence-corrected chi connectivity index (χ2v) is 10.6. The number of carbonyl (C=O) groups is 2. The molecular weight excluding hydrogens is 468 g/mol. The Morgan fingerprint density at radius 2 is 1.83 bits per heavy atom. The maximum absolute atomic E-state index is 13.3.